The van der Waals surface area contributed by atoms with Crippen molar-refractivity contribution >= 4 is 11.8 Å². The number of hydrogen-bond acceptors (Lipinski definition) is 3. The van der Waals surface area contributed by atoms with Crippen LogP contribution in [0.3, 0.4) is 0 Å². The van der Waals surface area contributed by atoms with Crippen LogP contribution in [0, 0.1) is 0 Å². The number of alkyl halides is 3. The lowest BCUT2D eigenvalue weighted by Gasteiger charge is -2.15. The van der Waals surface area contributed by atoms with Gasteiger partial charge in [0.05, 0.1) is 5.56 Å². The van der Waals surface area contributed by atoms with Crippen LogP contribution in [-0.4, -0.2) is 24.0 Å². The van der Waals surface area contributed by atoms with Crippen molar-refractivity contribution in [1.29, 1.82) is 0 Å². The summed E-state index contributed by atoms with van der Waals surface area (Å²) >= 11 is 0. The Bertz CT molecular complexity index is 544. The van der Waals surface area contributed by atoms with Gasteiger partial charge >= 0.3 is 6.18 Å². The first kappa shape index (κ1) is 18.0. The van der Waals surface area contributed by atoms with Gasteiger partial charge in [0.2, 0.25) is 0 Å². The van der Waals surface area contributed by atoms with Gasteiger partial charge in [-0.15, -0.1) is 0 Å². The number of nitrogens with one attached hydrogen (secondary N) is 2. The lowest BCUT2D eigenvalue weighted by atomic mass is 10.1. The second-order valence-electron chi connectivity index (χ2n) is 4.93. The highest BCUT2D eigenvalue weighted by Crippen LogP contribution is 2.29. The Labute approximate surface area is 125 Å². The molecule has 1 rings (SSSR count). The van der Waals surface area contributed by atoms with E-state index in [2.05, 4.69) is 5.32 Å². The molecule has 5 nitrogen and oxygen atoms in total. The summed E-state index contributed by atoms with van der Waals surface area (Å²) in [5.74, 6) is -1.31. The molecule has 0 aliphatic rings. The fourth-order valence-corrected chi connectivity index (χ4v) is 1.49. The normalized spacial score (nSPS) is 12.9. The first-order valence-corrected chi connectivity index (χ1v) is 6.55. The Morgan fingerprint density at radius 3 is 2.36 bits per heavy atom. The van der Waals surface area contributed by atoms with Crippen LogP contribution in [0.15, 0.2) is 24.3 Å². The van der Waals surface area contributed by atoms with E-state index in [9.17, 15) is 22.8 Å². The maximum atomic E-state index is 12.6. The highest BCUT2D eigenvalue weighted by Gasteiger charge is 2.31. The minimum atomic E-state index is -4.54. The van der Waals surface area contributed by atoms with Crippen molar-refractivity contribution in [3.63, 3.8) is 0 Å². The van der Waals surface area contributed by atoms with Crippen molar-refractivity contribution in [2.75, 3.05) is 0 Å². The summed E-state index contributed by atoms with van der Waals surface area (Å²) < 4.78 is 37.7. The SMILES string of the molecule is CC(C)NC(=O)[C@H](C)ONC(=O)c1cccc(C(F)(F)F)c1. The number of carbonyl (C=O) groups is 2. The minimum absolute atomic E-state index is 0.0993. The molecule has 0 saturated heterocycles. The summed E-state index contributed by atoms with van der Waals surface area (Å²) in [6, 6.07) is 3.80. The van der Waals surface area contributed by atoms with Crippen LogP contribution in [0.2, 0.25) is 0 Å². The zero-order valence-electron chi connectivity index (χ0n) is 12.3. The van der Waals surface area contributed by atoms with Crippen LogP contribution in [0.25, 0.3) is 0 Å². The lowest BCUT2D eigenvalue weighted by Crippen LogP contribution is -2.42. The highest BCUT2D eigenvalue weighted by molar-refractivity contribution is 5.93. The van der Waals surface area contributed by atoms with Gasteiger partial charge in [-0.3, -0.25) is 14.4 Å². The molecule has 0 saturated carbocycles. The Morgan fingerprint density at radius 1 is 1.18 bits per heavy atom. The van der Waals surface area contributed by atoms with Crippen LogP contribution < -0.4 is 10.8 Å². The summed E-state index contributed by atoms with van der Waals surface area (Å²) in [4.78, 5) is 28.1. The van der Waals surface area contributed by atoms with Gasteiger partial charge in [-0.2, -0.15) is 13.2 Å². The molecule has 22 heavy (non-hydrogen) atoms. The van der Waals surface area contributed by atoms with Gasteiger partial charge in [0.15, 0.2) is 6.10 Å². The molecule has 1 atom stereocenters. The van der Waals surface area contributed by atoms with E-state index >= 15 is 0 Å². The Kier molecular flexibility index (Phi) is 5.92. The van der Waals surface area contributed by atoms with Crippen LogP contribution in [-0.2, 0) is 15.8 Å². The zero-order chi connectivity index (χ0) is 16.9. The molecule has 0 bridgehead atoms. The standard InChI is InChI=1S/C14H17F3N2O3/c1-8(2)18-12(20)9(3)22-19-13(21)10-5-4-6-11(7-10)14(15,16)17/h4-9H,1-3H3,(H,18,20)(H,19,21)/t9-/m0/s1. The van der Waals surface area contributed by atoms with Gasteiger partial charge in [-0.05, 0) is 39.0 Å². The average molecular weight is 318 g/mol. The number of hydrogen-bond donors (Lipinski definition) is 2. The molecule has 2 amide bonds. The Morgan fingerprint density at radius 2 is 1.82 bits per heavy atom. The molecule has 122 valence electrons. The number of carbonyl (C=O) groups excluding carboxylic acids is 2. The number of rotatable bonds is 5. The second kappa shape index (κ2) is 7.26. The summed E-state index contributed by atoms with van der Waals surface area (Å²) in [5.41, 5.74) is 0.809. The fourth-order valence-electron chi connectivity index (χ4n) is 1.49. The third-order valence-electron chi connectivity index (χ3n) is 2.58. The van der Waals surface area contributed by atoms with Gasteiger partial charge in [0, 0.05) is 11.6 Å². The predicted molar refractivity (Wildman–Crippen MR) is 72.7 cm³/mol. The van der Waals surface area contributed by atoms with E-state index in [-0.39, 0.29) is 11.6 Å². The van der Waals surface area contributed by atoms with Crippen LogP contribution in [0.4, 0.5) is 13.2 Å². The maximum absolute atomic E-state index is 12.6. The van der Waals surface area contributed by atoms with Crippen molar-refractivity contribution in [3.8, 4) is 0 Å². The van der Waals surface area contributed by atoms with Gasteiger partial charge in [-0.1, -0.05) is 6.07 Å². The van der Waals surface area contributed by atoms with E-state index in [1.165, 1.54) is 13.0 Å². The minimum Gasteiger partial charge on any atom is -0.352 e. The molecular weight excluding hydrogens is 301 g/mol. The first-order chi connectivity index (χ1) is 10.1. The molecule has 0 unspecified atom stereocenters. The van der Waals surface area contributed by atoms with E-state index in [4.69, 9.17) is 4.84 Å². The molecular formula is C14H17F3N2O3. The van der Waals surface area contributed by atoms with E-state index in [0.717, 1.165) is 12.1 Å². The molecule has 0 fully saturated rings. The van der Waals surface area contributed by atoms with Crippen molar-refractivity contribution < 1.29 is 27.6 Å². The van der Waals surface area contributed by atoms with Crippen molar-refractivity contribution in [3.05, 3.63) is 35.4 Å². The third-order valence-corrected chi connectivity index (χ3v) is 2.58. The van der Waals surface area contributed by atoms with Crippen LogP contribution in [0.5, 0.6) is 0 Å². The summed E-state index contributed by atoms with van der Waals surface area (Å²) in [5, 5.41) is 2.57. The summed E-state index contributed by atoms with van der Waals surface area (Å²) in [6.07, 6.45) is -5.51. The van der Waals surface area contributed by atoms with E-state index < -0.39 is 29.7 Å². The van der Waals surface area contributed by atoms with Gasteiger partial charge in [0.1, 0.15) is 0 Å². The fraction of sp³-hybridized carbons (Fsp3) is 0.429. The largest absolute Gasteiger partial charge is 0.416 e. The van der Waals surface area contributed by atoms with Crippen LogP contribution >= 0.6 is 0 Å². The van der Waals surface area contributed by atoms with Gasteiger partial charge < -0.3 is 5.32 Å². The topological polar surface area (TPSA) is 67.4 Å². The van der Waals surface area contributed by atoms with E-state index in [1.54, 1.807) is 13.8 Å². The molecule has 8 heteroatoms. The number of halogens is 3. The zero-order valence-corrected chi connectivity index (χ0v) is 12.3. The number of hydroxylamine groups is 1. The highest BCUT2D eigenvalue weighted by atomic mass is 19.4. The third kappa shape index (κ3) is 5.36. The first-order valence-electron chi connectivity index (χ1n) is 6.55. The lowest BCUT2D eigenvalue weighted by molar-refractivity contribution is -0.137. The molecule has 2 N–H and O–H groups in total. The molecule has 0 aliphatic heterocycles. The van der Waals surface area contributed by atoms with E-state index in [1.807, 2.05) is 5.48 Å². The summed E-state index contributed by atoms with van der Waals surface area (Å²) in [6.45, 7) is 4.92. The monoisotopic (exact) mass is 318 g/mol. The number of amides is 2. The van der Waals surface area contributed by atoms with Crippen molar-refractivity contribution in [2.45, 2.75) is 39.1 Å². The smallest absolute Gasteiger partial charge is 0.352 e. The molecule has 0 radical (unpaired) electrons. The Hall–Kier alpha value is -2.09. The van der Waals surface area contributed by atoms with Crippen LogP contribution in [0.1, 0.15) is 36.7 Å². The second-order valence-corrected chi connectivity index (χ2v) is 4.93. The molecule has 0 aliphatic carbocycles. The van der Waals surface area contributed by atoms with Gasteiger partial charge in [-0.25, -0.2) is 5.48 Å². The van der Waals surface area contributed by atoms with E-state index in [0.29, 0.717) is 6.07 Å². The molecule has 0 spiro atoms. The maximum Gasteiger partial charge on any atom is 0.416 e. The Balaban J connectivity index is 2.65. The molecule has 1 aromatic rings. The average Bonchev–Trinajstić information content (AvgIpc) is 2.42. The quantitative estimate of drug-likeness (QED) is 0.819. The van der Waals surface area contributed by atoms with Gasteiger partial charge in [0.25, 0.3) is 11.8 Å². The van der Waals surface area contributed by atoms with Crippen molar-refractivity contribution in [2.24, 2.45) is 0 Å². The molecule has 1 aromatic carbocycles. The predicted octanol–water partition coefficient (Wildman–Crippen LogP) is 2.28. The summed E-state index contributed by atoms with van der Waals surface area (Å²) in [7, 11) is 0. The molecule has 0 aromatic heterocycles. The molecule has 0 heterocycles. The number of benzene rings is 1. The van der Waals surface area contributed by atoms with Crippen molar-refractivity contribution in [1.82, 2.24) is 10.8 Å².